The summed E-state index contributed by atoms with van der Waals surface area (Å²) in [5.41, 5.74) is 1.78. The van der Waals surface area contributed by atoms with Crippen molar-refractivity contribution >= 4 is 12.2 Å². The molecule has 0 bridgehead atoms. The summed E-state index contributed by atoms with van der Waals surface area (Å²) in [4.78, 5) is 25.9. The lowest BCUT2D eigenvalue weighted by molar-refractivity contribution is 0.00229. The van der Waals surface area contributed by atoms with Crippen LogP contribution < -0.4 is 0 Å². The van der Waals surface area contributed by atoms with Gasteiger partial charge in [-0.1, -0.05) is 60.7 Å². The van der Waals surface area contributed by atoms with Gasteiger partial charge in [0.1, 0.15) is 25.6 Å². The second-order valence-corrected chi connectivity index (χ2v) is 8.72. The smallest absolute Gasteiger partial charge is 0.410 e. The number of halogens is 2. The second kappa shape index (κ2) is 13.7. The Morgan fingerprint density at radius 2 is 1.08 bits per heavy atom. The van der Waals surface area contributed by atoms with Gasteiger partial charge < -0.3 is 29.5 Å². The van der Waals surface area contributed by atoms with Gasteiger partial charge in [-0.05, 0) is 24.0 Å². The fraction of sp³-hybridized carbons (Fsp3) is 0.462. The Labute approximate surface area is 209 Å². The first kappa shape index (κ1) is 27.3. The van der Waals surface area contributed by atoms with Gasteiger partial charge in [-0.3, -0.25) is 0 Å². The molecule has 2 fully saturated rings. The number of hydrogen-bond acceptors (Lipinski definition) is 6. The first-order chi connectivity index (χ1) is 17.3. The van der Waals surface area contributed by atoms with Crippen LogP contribution >= 0.6 is 0 Å². The highest BCUT2D eigenvalue weighted by molar-refractivity contribution is 5.68. The molecule has 4 unspecified atom stereocenters. The van der Waals surface area contributed by atoms with Crippen LogP contribution in [-0.2, 0) is 22.7 Å². The molecule has 36 heavy (non-hydrogen) atoms. The van der Waals surface area contributed by atoms with Gasteiger partial charge in [0.25, 0.3) is 0 Å². The van der Waals surface area contributed by atoms with Crippen molar-refractivity contribution in [2.24, 2.45) is 0 Å². The lowest BCUT2D eigenvalue weighted by Gasteiger charge is -2.31. The summed E-state index contributed by atoms with van der Waals surface area (Å²) < 4.78 is 36.7. The fourth-order valence-electron chi connectivity index (χ4n) is 3.74. The molecule has 10 heteroatoms. The van der Waals surface area contributed by atoms with E-state index >= 15 is 0 Å². The molecule has 4 rings (SSSR count). The van der Waals surface area contributed by atoms with Gasteiger partial charge in [0, 0.05) is 13.1 Å². The molecule has 0 aliphatic carbocycles. The quantitative estimate of drug-likeness (QED) is 0.659. The van der Waals surface area contributed by atoms with E-state index in [2.05, 4.69) is 0 Å². The first-order valence-electron chi connectivity index (χ1n) is 11.9. The Morgan fingerprint density at radius 3 is 1.42 bits per heavy atom. The zero-order valence-electron chi connectivity index (χ0n) is 19.9. The van der Waals surface area contributed by atoms with Gasteiger partial charge in [-0.15, -0.1) is 0 Å². The van der Waals surface area contributed by atoms with Crippen LogP contribution in [0.15, 0.2) is 60.7 Å². The molecule has 2 aliphatic rings. The summed E-state index contributed by atoms with van der Waals surface area (Å²) >= 11 is 0. The number of amides is 2. The van der Waals surface area contributed by atoms with E-state index in [-0.39, 0.29) is 39.1 Å². The number of carbonyl (C=O) groups is 2. The number of piperidine rings is 2. The van der Waals surface area contributed by atoms with E-state index in [1.165, 1.54) is 9.80 Å². The van der Waals surface area contributed by atoms with E-state index in [1.807, 2.05) is 60.7 Å². The zero-order valence-corrected chi connectivity index (χ0v) is 19.9. The van der Waals surface area contributed by atoms with Crippen LogP contribution in [0.4, 0.5) is 18.4 Å². The maximum absolute atomic E-state index is 13.3. The van der Waals surface area contributed by atoms with Gasteiger partial charge in [0.15, 0.2) is 0 Å². The molecule has 2 aliphatic heterocycles. The molecular formula is C26H32F2N2O6. The highest BCUT2D eigenvalue weighted by Gasteiger charge is 2.31. The van der Waals surface area contributed by atoms with E-state index in [0.717, 1.165) is 11.1 Å². The minimum atomic E-state index is -1.39. The second-order valence-electron chi connectivity index (χ2n) is 8.72. The third-order valence-electron chi connectivity index (χ3n) is 5.94. The van der Waals surface area contributed by atoms with Crippen LogP contribution in [0.25, 0.3) is 0 Å². The molecule has 0 radical (unpaired) electrons. The van der Waals surface area contributed by atoms with Gasteiger partial charge in [0.05, 0.1) is 25.3 Å². The van der Waals surface area contributed by atoms with Crippen molar-refractivity contribution in [2.75, 3.05) is 26.2 Å². The third kappa shape index (κ3) is 8.46. The number of rotatable bonds is 4. The minimum Gasteiger partial charge on any atom is -0.445 e. The highest BCUT2D eigenvalue weighted by atomic mass is 19.1. The van der Waals surface area contributed by atoms with Crippen molar-refractivity contribution < 1.29 is 38.1 Å². The van der Waals surface area contributed by atoms with E-state index < -0.39 is 36.7 Å². The number of aliphatic hydroxyl groups is 2. The molecule has 196 valence electrons. The molecule has 2 heterocycles. The van der Waals surface area contributed by atoms with Crippen molar-refractivity contribution in [1.82, 2.24) is 9.80 Å². The molecular weight excluding hydrogens is 474 g/mol. The predicted molar refractivity (Wildman–Crippen MR) is 127 cm³/mol. The van der Waals surface area contributed by atoms with Crippen LogP contribution in [0.1, 0.15) is 24.0 Å². The summed E-state index contributed by atoms with van der Waals surface area (Å²) in [6.45, 7) is 0.805. The monoisotopic (exact) mass is 506 g/mol. The normalized spacial score (nSPS) is 23.8. The van der Waals surface area contributed by atoms with Crippen molar-refractivity contribution in [3.8, 4) is 0 Å². The topological polar surface area (TPSA) is 99.5 Å². The van der Waals surface area contributed by atoms with Crippen LogP contribution in [0.5, 0.6) is 0 Å². The average Bonchev–Trinajstić information content (AvgIpc) is 2.90. The molecule has 0 aromatic heterocycles. The van der Waals surface area contributed by atoms with Crippen molar-refractivity contribution in [1.29, 1.82) is 0 Å². The van der Waals surface area contributed by atoms with Gasteiger partial charge in [0.2, 0.25) is 0 Å². The van der Waals surface area contributed by atoms with Crippen LogP contribution in [-0.4, -0.2) is 82.9 Å². The number of hydrogen-bond donors (Lipinski definition) is 2. The molecule has 2 amide bonds. The molecule has 8 nitrogen and oxygen atoms in total. The number of carbonyl (C=O) groups excluding carboxylic acids is 2. The zero-order chi connectivity index (χ0) is 25.9. The molecule has 2 aromatic rings. The van der Waals surface area contributed by atoms with E-state index in [1.54, 1.807) is 0 Å². The number of nitrogens with zero attached hydrogens (tertiary/aromatic N) is 2. The number of alkyl halides is 2. The van der Waals surface area contributed by atoms with Crippen LogP contribution in [0.3, 0.4) is 0 Å². The number of likely N-dealkylation sites (tertiary alicyclic amines) is 2. The van der Waals surface area contributed by atoms with Gasteiger partial charge >= 0.3 is 12.2 Å². The Kier molecular flexibility index (Phi) is 10.4. The van der Waals surface area contributed by atoms with Crippen LogP contribution in [0.2, 0.25) is 0 Å². The molecule has 2 aromatic carbocycles. The first-order valence-corrected chi connectivity index (χ1v) is 11.9. The van der Waals surface area contributed by atoms with Crippen molar-refractivity contribution in [2.45, 2.75) is 50.6 Å². The van der Waals surface area contributed by atoms with Crippen molar-refractivity contribution in [3.05, 3.63) is 71.8 Å². The van der Waals surface area contributed by atoms with E-state index in [9.17, 15) is 28.6 Å². The van der Waals surface area contributed by atoms with E-state index in [4.69, 9.17) is 9.47 Å². The Hall–Kier alpha value is -3.24. The molecule has 2 N–H and O–H groups in total. The molecule has 0 saturated carbocycles. The minimum absolute atomic E-state index is 0.102. The predicted octanol–water partition coefficient (Wildman–Crippen LogP) is 3.46. The Morgan fingerprint density at radius 1 is 0.722 bits per heavy atom. The summed E-state index contributed by atoms with van der Waals surface area (Å²) in [5, 5.41) is 18.5. The fourth-order valence-corrected chi connectivity index (χ4v) is 3.74. The third-order valence-corrected chi connectivity index (χ3v) is 5.94. The number of aliphatic hydroxyl groups excluding tert-OH is 2. The summed E-state index contributed by atoms with van der Waals surface area (Å²) in [5.74, 6) is 0. The van der Waals surface area contributed by atoms with Crippen LogP contribution in [0, 0.1) is 0 Å². The highest BCUT2D eigenvalue weighted by Crippen LogP contribution is 2.16. The average molecular weight is 507 g/mol. The van der Waals surface area contributed by atoms with Crippen molar-refractivity contribution in [3.63, 3.8) is 0 Å². The van der Waals surface area contributed by atoms with E-state index in [0.29, 0.717) is 13.1 Å². The number of benzene rings is 2. The largest absolute Gasteiger partial charge is 0.445 e. The lowest BCUT2D eigenvalue weighted by Crippen LogP contribution is -2.47. The molecule has 4 atom stereocenters. The molecule has 0 spiro atoms. The maximum Gasteiger partial charge on any atom is 0.410 e. The van der Waals surface area contributed by atoms with Gasteiger partial charge in [-0.25, -0.2) is 18.4 Å². The SMILES string of the molecule is O=C(OCc1ccccc1)N1CCC(O)C(F)C1.O=C(OCc1ccccc1)N1CCC(O)C(F)C1. The summed E-state index contributed by atoms with van der Waals surface area (Å²) in [6, 6.07) is 18.6. The Balaban J connectivity index is 0.000000201. The molecule has 2 saturated heterocycles. The Bertz CT molecular complexity index is 874. The standard InChI is InChI=1S/2C13H16FNO3/c2*14-11-8-15(7-6-12(11)16)13(17)18-9-10-4-2-1-3-5-10/h2*1-5,11-12,16H,6-9H2. The summed E-state index contributed by atoms with van der Waals surface area (Å²) in [6.07, 6.45) is -5.28. The maximum atomic E-state index is 13.3. The lowest BCUT2D eigenvalue weighted by atomic mass is 10.1. The summed E-state index contributed by atoms with van der Waals surface area (Å²) in [7, 11) is 0. The number of ether oxygens (including phenoxy) is 2. The van der Waals surface area contributed by atoms with Gasteiger partial charge in [-0.2, -0.15) is 0 Å².